The summed E-state index contributed by atoms with van der Waals surface area (Å²) < 4.78 is 16.6. The number of unbranched alkanes of at least 4 members (excludes halogenated alkanes) is 2. The van der Waals surface area contributed by atoms with Crippen LogP contribution in [0.2, 0.25) is 0 Å². The minimum atomic E-state index is -0.389. The first kappa shape index (κ1) is 27.0. The Morgan fingerprint density at radius 2 is 1.92 bits per heavy atom. The molecule has 0 radical (unpaired) electrons. The number of carbonyl (C=O) groups excluding carboxylic acids is 2. The van der Waals surface area contributed by atoms with Gasteiger partial charge in [-0.05, 0) is 92.7 Å². The van der Waals surface area contributed by atoms with E-state index in [1.807, 2.05) is 12.1 Å². The lowest BCUT2D eigenvalue weighted by atomic mass is 9.73. The van der Waals surface area contributed by atoms with Crippen LogP contribution in [-0.4, -0.2) is 43.0 Å². The van der Waals surface area contributed by atoms with Gasteiger partial charge in [0.05, 0.1) is 19.1 Å². The number of benzene rings is 1. The van der Waals surface area contributed by atoms with E-state index in [1.165, 1.54) is 18.2 Å². The number of methoxy groups -OCH3 is 1. The van der Waals surface area contributed by atoms with Crippen molar-refractivity contribution in [1.82, 2.24) is 0 Å². The number of aliphatic hydroxyl groups excluding tert-OH is 1. The molecule has 0 amide bonds. The molecule has 0 aliphatic heterocycles. The molecule has 1 N–H and O–H groups in total. The highest BCUT2D eigenvalue weighted by Crippen LogP contribution is 2.48. The average Bonchev–Trinajstić information content (AvgIpc) is 3.52. The molecule has 5 atom stereocenters. The average molecular weight is 501 g/mol. The summed E-state index contributed by atoms with van der Waals surface area (Å²) in [6, 6.07) is 6.05. The fourth-order valence-electron chi connectivity index (χ4n) is 6.82. The maximum absolute atomic E-state index is 12.7. The molecule has 4 rings (SSSR count). The van der Waals surface area contributed by atoms with Crippen molar-refractivity contribution in [3.8, 4) is 5.75 Å². The number of hydrogen-bond donors (Lipinski definition) is 1. The van der Waals surface area contributed by atoms with Gasteiger partial charge in [-0.1, -0.05) is 44.7 Å². The topological polar surface area (TPSA) is 82.1 Å². The SMILES string of the molecule is CCCCC[C@@H](CC[C@@H]1[C@H]2Cc3cccc(OCC(=O)OC)c3C[C@H]2C[C@H]1O)OC(=O)C1CCCC1. The van der Waals surface area contributed by atoms with E-state index in [2.05, 4.69) is 13.0 Å². The normalized spacial score (nSPS) is 26.2. The van der Waals surface area contributed by atoms with E-state index < -0.39 is 0 Å². The Morgan fingerprint density at radius 1 is 1.11 bits per heavy atom. The van der Waals surface area contributed by atoms with E-state index in [0.717, 1.165) is 89.2 Å². The summed E-state index contributed by atoms with van der Waals surface area (Å²) in [5.41, 5.74) is 2.42. The van der Waals surface area contributed by atoms with E-state index in [0.29, 0.717) is 11.8 Å². The Hall–Kier alpha value is -2.08. The smallest absolute Gasteiger partial charge is 0.343 e. The van der Waals surface area contributed by atoms with E-state index >= 15 is 0 Å². The van der Waals surface area contributed by atoms with Gasteiger partial charge < -0.3 is 19.3 Å². The number of fused-ring (bicyclic) bond motifs is 2. The van der Waals surface area contributed by atoms with Crippen LogP contribution in [0.4, 0.5) is 0 Å². The zero-order valence-corrected chi connectivity index (χ0v) is 22.1. The maximum Gasteiger partial charge on any atom is 0.343 e. The minimum absolute atomic E-state index is 0.00456. The van der Waals surface area contributed by atoms with Crippen LogP contribution in [0.5, 0.6) is 5.75 Å². The fraction of sp³-hybridized carbons (Fsp3) is 0.733. The van der Waals surface area contributed by atoms with Gasteiger partial charge in [0.15, 0.2) is 6.61 Å². The highest BCUT2D eigenvalue weighted by atomic mass is 16.6. The van der Waals surface area contributed by atoms with Crippen LogP contribution in [0.1, 0.15) is 88.7 Å². The second kappa shape index (κ2) is 12.9. The molecule has 0 bridgehead atoms. The predicted octanol–water partition coefficient (Wildman–Crippen LogP) is 5.41. The van der Waals surface area contributed by atoms with Gasteiger partial charge in [-0.3, -0.25) is 4.79 Å². The van der Waals surface area contributed by atoms with Gasteiger partial charge in [0, 0.05) is 0 Å². The van der Waals surface area contributed by atoms with Crippen molar-refractivity contribution in [2.75, 3.05) is 13.7 Å². The molecule has 0 spiro atoms. The lowest BCUT2D eigenvalue weighted by Gasteiger charge is -2.33. The van der Waals surface area contributed by atoms with Gasteiger partial charge in [-0.25, -0.2) is 4.79 Å². The van der Waals surface area contributed by atoms with Crippen LogP contribution >= 0.6 is 0 Å². The van der Waals surface area contributed by atoms with Crippen LogP contribution < -0.4 is 4.74 Å². The summed E-state index contributed by atoms with van der Waals surface area (Å²) in [5, 5.41) is 11.1. The summed E-state index contributed by atoms with van der Waals surface area (Å²) in [4.78, 5) is 24.3. The molecule has 3 aliphatic carbocycles. The van der Waals surface area contributed by atoms with E-state index in [-0.39, 0.29) is 42.6 Å². The molecule has 0 unspecified atom stereocenters. The molecule has 1 aromatic carbocycles. The number of hydrogen-bond acceptors (Lipinski definition) is 6. The van der Waals surface area contributed by atoms with Crippen molar-refractivity contribution in [1.29, 1.82) is 0 Å². The lowest BCUT2D eigenvalue weighted by Crippen LogP contribution is -2.29. The predicted molar refractivity (Wildman–Crippen MR) is 138 cm³/mol. The molecule has 1 aromatic rings. The van der Waals surface area contributed by atoms with Crippen molar-refractivity contribution in [2.45, 2.75) is 103 Å². The third-order valence-corrected chi connectivity index (χ3v) is 8.84. The monoisotopic (exact) mass is 500 g/mol. The van der Waals surface area contributed by atoms with Gasteiger partial charge in [-0.2, -0.15) is 0 Å². The Labute approximate surface area is 216 Å². The number of ether oxygens (including phenoxy) is 3. The Balaban J connectivity index is 1.38. The second-order valence-corrected chi connectivity index (χ2v) is 11.2. The highest BCUT2D eigenvalue weighted by molar-refractivity contribution is 5.73. The molecule has 6 nitrogen and oxygen atoms in total. The molecule has 0 heterocycles. The zero-order chi connectivity index (χ0) is 25.5. The summed E-state index contributed by atoms with van der Waals surface area (Å²) in [7, 11) is 1.36. The van der Waals surface area contributed by atoms with Crippen molar-refractivity contribution >= 4 is 11.9 Å². The molecule has 200 valence electrons. The standard InChI is InChI=1S/C30H44O6/c1-3-4-5-12-23(36-30(33)20-9-6-7-10-20)14-15-24-25-16-21-11-8-13-28(35-19-29(32)34-2)26(21)17-22(25)18-27(24)31/h8,11,13,20,22-25,27,31H,3-7,9-10,12,14-19H2,1-2H3/t22-,23-,24+,25-,27+/m0/s1. The Kier molecular flexibility index (Phi) is 9.69. The first-order chi connectivity index (χ1) is 17.5. The molecule has 0 aromatic heterocycles. The number of aliphatic hydroxyl groups is 1. The van der Waals surface area contributed by atoms with E-state index in [9.17, 15) is 14.7 Å². The lowest BCUT2D eigenvalue weighted by molar-refractivity contribution is -0.155. The quantitative estimate of drug-likeness (QED) is 0.305. The molecule has 3 aliphatic rings. The third kappa shape index (κ3) is 6.62. The van der Waals surface area contributed by atoms with Crippen molar-refractivity contribution in [3.63, 3.8) is 0 Å². The van der Waals surface area contributed by atoms with Crippen LogP contribution in [0, 0.1) is 23.7 Å². The Bertz CT molecular complexity index is 876. The molecular formula is C30H44O6. The summed E-state index contributed by atoms with van der Waals surface area (Å²) >= 11 is 0. The fourth-order valence-corrected chi connectivity index (χ4v) is 6.82. The van der Waals surface area contributed by atoms with Gasteiger partial charge in [0.2, 0.25) is 0 Å². The minimum Gasteiger partial charge on any atom is -0.482 e. The van der Waals surface area contributed by atoms with Gasteiger partial charge in [-0.15, -0.1) is 0 Å². The second-order valence-electron chi connectivity index (χ2n) is 11.2. The van der Waals surface area contributed by atoms with Gasteiger partial charge in [0.25, 0.3) is 0 Å². The summed E-state index contributed by atoms with van der Waals surface area (Å²) in [6.45, 7) is 2.10. The molecule has 2 saturated carbocycles. The largest absolute Gasteiger partial charge is 0.482 e. The Morgan fingerprint density at radius 3 is 2.67 bits per heavy atom. The summed E-state index contributed by atoms with van der Waals surface area (Å²) in [5.74, 6) is 1.51. The molecular weight excluding hydrogens is 456 g/mol. The van der Waals surface area contributed by atoms with E-state index in [4.69, 9.17) is 14.2 Å². The van der Waals surface area contributed by atoms with Crippen LogP contribution in [0.25, 0.3) is 0 Å². The third-order valence-electron chi connectivity index (χ3n) is 8.84. The van der Waals surface area contributed by atoms with Crippen LogP contribution in [0.15, 0.2) is 18.2 Å². The van der Waals surface area contributed by atoms with Crippen molar-refractivity contribution in [2.24, 2.45) is 23.7 Å². The number of esters is 2. The van der Waals surface area contributed by atoms with E-state index in [1.54, 1.807) is 0 Å². The zero-order valence-electron chi connectivity index (χ0n) is 22.1. The first-order valence-corrected chi connectivity index (χ1v) is 14.2. The van der Waals surface area contributed by atoms with Gasteiger partial charge >= 0.3 is 11.9 Å². The first-order valence-electron chi connectivity index (χ1n) is 14.2. The van der Waals surface area contributed by atoms with Crippen molar-refractivity contribution < 1.29 is 28.9 Å². The molecule has 6 heteroatoms. The highest BCUT2D eigenvalue weighted by Gasteiger charge is 2.45. The molecule has 2 fully saturated rings. The van der Waals surface area contributed by atoms with Crippen LogP contribution in [-0.2, 0) is 31.9 Å². The molecule has 0 saturated heterocycles. The maximum atomic E-state index is 12.7. The van der Waals surface area contributed by atoms with Gasteiger partial charge in [0.1, 0.15) is 11.9 Å². The number of rotatable bonds is 12. The van der Waals surface area contributed by atoms with Crippen molar-refractivity contribution in [3.05, 3.63) is 29.3 Å². The molecule has 36 heavy (non-hydrogen) atoms. The number of carbonyl (C=O) groups is 2. The van der Waals surface area contributed by atoms with Crippen LogP contribution in [0.3, 0.4) is 0 Å². The summed E-state index contributed by atoms with van der Waals surface area (Å²) in [6.07, 6.45) is 12.5.